The molecule has 1 heterocycles. The van der Waals surface area contributed by atoms with E-state index < -0.39 is 6.04 Å². The summed E-state index contributed by atoms with van der Waals surface area (Å²) >= 11 is 0. The van der Waals surface area contributed by atoms with E-state index in [-0.39, 0.29) is 11.8 Å². The summed E-state index contributed by atoms with van der Waals surface area (Å²) in [6.45, 7) is 1.64. The van der Waals surface area contributed by atoms with E-state index in [1.165, 1.54) is 6.08 Å². The highest BCUT2D eigenvalue weighted by Gasteiger charge is 2.14. The van der Waals surface area contributed by atoms with Crippen molar-refractivity contribution in [3.8, 4) is 5.88 Å². The molecule has 0 fully saturated rings. The highest BCUT2D eigenvalue weighted by molar-refractivity contribution is 6.00. The molecular weight excluding hydrogens is 354 g/mol. The first kappa shape index (κ1) is 19.1. The molecule has 3 aromatic rings. The molecule has 6 nitrogen and oxygen atoms in total. The number of carbonyl (C=O) groups excluding carboxylic acids is 2. The van der Waals surface area contributed by atoms with Gasteiger partial charge in [-0.1, -0.05) is 30.3 Å². The lowest BCUT2D eigenvalue weighted by atomic mass is 10.2. The van der Waals surface area contributed by atoms with E-state index in [4.69, 9.17) is 4.74 Å². The average Bonchev–Trinajstić information content (AvgIpc) is 2.72. The summed E-state index contributed by atoms with van der Waals surface area (Å²) < 4.78 is 5.11. The standard InChI is InChI=1S/C22H21N3O3/c1-15(23-20(26)12-8-16-6-4-3-5-7-16)22(27)24-18-10-11-19-17(14-18)9-13-21(25-19)28-2/h3-15H,1-2H3,(H,23,26)(H,24,27)/b12-8+. The Hall–Kier alpha value is -3.67. The maximum absolute atomic E-state index is 12.4. The van der Waals surface area contributed by atoms with Crippen molar-refractivity contribution in [1.29, 1.82) is 0 Å². The lowest BCUT2D eigenvalue weighted by Crippen LogP contribution is -2.40. The molecule has 0 radical (unpaired) electrons. The van der Waals surface area contributed by atoms with Crippen LogP contribution < -0.4 is 15.4 Å². The van der Waals surface area contributed by atoms with E-state index in [1.807, 2.05) is 42.5 Å². The first-order valence-corrected chi connectivity index (χ1v) is 8.84. The molecule has 0 saturated heterocycles. The molecule has 2 aromatic carbocycles. The van der Waals surface area contributed by atoms with E-state index >= 15 is 0 Å². The molecule has 1 atom stereocenters. The van der Waals surface area contributed by atoms with Crippen molar-refractivity contribution in [2.75, 3.05) is 12.4 Å². The number of benzene rings is 2. The van der Waals surface area contributed by atoms with Crippen molar-refractivity contribution in [2.24, 2.45) is 0 Å². The zero-order chi connectivity index (χ0) is 19.9. The van der Waals surface area contributed by atoms with Crippen molar-refractivity contribution in [3.63, 3.8) is 0 Å². The summed E-state index contributed by atoms with van der Waals surface area (Å²) in [5, 5.41) is 6.34. The Kier molecular flexibility index (Phi) is 6.01. The number of fused-ring (bicyclic) bond motifs is 1. The molecule has 142 valence electrons. The molecule has 1 aromatic heterocycles. The van der Waals surface area contributed by atoms with Crippen molar-refractivity contribution in [2.45, 2.75) is 13.0 Å². The molecule has 0 bridgehead atoms. The number of anilines is 1. The number of nitrogens with zero attached hydrogens (tertiary/aromatic N) is 1. The zero-order valence-electron chi connectivity index (χ0n) is 15.7. The largest absolute Gasteiger partial charge is 0.481 e. The number of aromatic nitrogens is 1. The van der Waals surface area contributed by atoms with Gasteiger partial charge in [-0.2, -0.15) is 0 Å². The summed E-state index contributed by atoms with van der Waals surface area (Å²) in [4.78, 5) is 28.7. The number of hydrogen-bond donors (Lipinski definition) is 2. The van der Waals surface area contributed by atoms with Gasteiger partial charge in [0.2, 0.25) is 17.7 Å². The molecule has 3 rings (SSSR count). The Balaban J connectivity index is 1.59. The first-order chi connectivity index (χ1) is 13.5. The molecule has 1 unspecified atom stereocenters. The van der Waals surface area contributed by atoms with Gasteiger partial charge in [-0.25, -0.2) is 4.98 Å². The molecule has 6 heteroatoms. The van der Waals surface area contributed by atoms with Gasteiger partial charge in [-0.15, -0.1) is 0 Å². The van der Waals surface area contributed by atoms with Crippen molar-refractivity contribution in [3.05, 3.63) is 72.3 Å². The molecule has 0 aliphatic carbocycles. The quantitative estimate of drug-likeness (QED) is 0.647. The Bertz CT molecular complexity index is 1020. The van der Waals surface area contributed by atoms with Crippen LogP contribution in [0, 0.1) is 0 Å². The van der Waals surface area contributed by atoms with Gasteiger partial charge in [0.15, 0.2) is 0 Å². The molecule has 0 aliphatic heterocycles. The van der Waals surface area contributed by atoms with Crippen molar-refractivity contribution < 1.29 is 14.3 Å². The zero-order valence-corrected chi connectivity index (χ0v) is 15.7. The van der Waals surface area contributed by atoms with Gasteiger partial charge < -0.3 is 15.4 Å². The third-order valence-electron chi connectivity index (χ3n) is 4.12. The maximum atomic E-state index is 12.4. The summed E-state index contributed by atoms with van der Waals surface area (Å²) in [6.07, 6.45) is 3.11. The van der Waals surface area contributed by atoms with E-state index in [0.717, 1.165) is 16.5 Å². The van der Waals surface area contributed by atoms with Crippen LogP contribution in [-0.2, 0) is 9.59 Å². The Morgan fingerprint density at radius 1 is 1.07 bits per heavy atom. The molecule has 0 saturated carbocycles. The predicted octanol–water partition coefficient (Wildman–Crippen LogP) is 3.40. The van der Waals surface area contributed by atoms with Gasteiger partial charge in [0.25, 0.3) is 0 Å². The van der Waals surface area contributed by atoms with Gasteiger partial charge in [0, 0.05) is 23.2 Å². The van der Waals surface area contributed by atoms with E-state index in [0.29, 0.717) is 11.6 Å². The third-order valence-corrected chi connectivity index (χ3v) is 4.12. The second-order valence-corrected chi connectivity index (χ2v) is 6.22. The van der Waals surface area contributed by atoms with Crippen molar-refractivity contribution in [1.82, 2.24) is 10.3 Å². The SMILES string of the molecule is COc1ccc2cc(NC(=O)C(C)NC(=O)/C=C/c3ccccc3)ccc2n1. The summed E-state index contributed by atoms with van der Waals surface area (Å²) in [5.41, 5.74) is 2.31. The smallest absolute Gasteiger partial charge is 0.246 e. The third kappa shape index (κ3) is 4.94. The first-order valence-electron chi connectivity index (χ1n) is 8.84. The van der Waals surface area contributed by atoms with Crippen LogP contribution in [0.15, 0.2) is 66.7 Å². The topological polar surface area (TPSA) is 80.3 Å². The number of methoxy groups -OCH3 is 1. The lowest BCUT2D eigenvalue weighted by Gasteiger charge is -2.13. The normalized spacial score (nSPS) is 11.9. The van der Waals surface area contributed by atoms with Crippen LogP contribution in [0.3, 0.4) is 0 Å². The number of ether oxygens (including phenoxy) is 1. The fraction of sp³-hybridized carbons (Fsp3) is 0.136. The molecule has 0 spiro atoms. The van der Waals surface area contributed by atoms with Crippen molar-refractivity contribution >= 4 is 34.5 Å². The van der Waals surface area contributed by atoms with Crippen LogP contribution in [0.5, 0.6) is 5.88 Å². The fourth-order valence-corrected chi connectivity index (χ4v) is 2.61. The molecular formula is C22H21N3O3. The second kappa shape index (κ2) is 8.81. The van der Waals surface area contributed by atoms with Crippen LogP contribution in [-0.4, -0.2) is 29.9 Å². The molecule has 28 heavy (non-hydrogen) atoms. The number of carbonyl (C=O) groups is 2. The van der Waals surface area contributed by atoms with E-state index in [9.17, 15) is 9.59 Å². The Morgan fingerprint density at radius 3 is 2.61 bits per heavy atom. The second-order valence-electron chi connectivity index (χ2n) is 6.22. The fourth-order valence-electron chi connectivity index (χ4n) is 2.61. The van der Waals surface area contributed by atoms with Gasteiger partial charge >= 0.3 is 0 Å². The average molecular weight is 375 g/mol. The van der Waals surface area contributed by atoms with Gasteiger partial charge in [0.1, 0.15) is 6.04 Å². The highest BCUT2D eigenvalue weighted by Crippen LogP contribution is 2.20. The number of rotatable bonds is 6. The number of nitrogens with one attached hydrogen (secondary N) is 2. The van der Waals surface area contributed by atoms with Crippen LogP contribution in [0.1, 0.15) is 12.5 Å². The highest BCUT2D eigenvalue weighted by atomic mass is 16.5. The van der Waals surface area contributed by atoms with Crippen LogP contribution in [0.4, 0.5) is 5.69 Å². The maximum Gasteiger partial charge on any atom is 0.246 e. The minimum absolute atomic E-state index is 0.303. The minimum atomic E-state index is -0.683. The van der Waals surface area contributed by atoms with Crippen LogP contribution in [0.2, 0.25) is 0 Å². The van der Waals surface area contributed by atoms with E-state index in [2.05, 4.69) is 15.6 Å². The predicted molar refractivity (Wildman–Crippen MR) is 110 cm³/mol. The molecule has 2 N–H and O–H groups in total. The van der Waals surface area contributed by atoms with Crippen LogP contribution >= 0.6 is 0 Å². The van der Waals surface area contributed by atoms with Gasteiger partial charge in [-0.05, 0) is 42.8 Å². The monoisotopic (exact) mass is 375 g/mol. The molecule has 2 amide bonds. The summed E-state index contributed by atoms with van der Waals surface area (Å²) in [5.74, 6) is -0.104. The number of amides is 2. The van der Waals surface area contributed by atoms with Gasteiger partial charge in [0.05, 0.1) is 12.6 Å². The minimum Gasteiger partial charge on any atom is -0.481 e. The van der Waals surface area contributed by atoms with E-state index in [1.54, 1.807) is 38.3 Å². The lowest BCUT2D eigenvalue weighted by molar-refractivity contribution is -0.123. The van der Waals surface area contributed by atoms with Gasteiger partial charge in [-0.3, -0.25) is 9.59 Å². The number of hydrogen-bond acceptors (Lipinski definition) is 4. The van der Waals surface area contributed by atoms with Crippen LogP contribution in [0.25, 0.3) is 17.0 Å². The Labute approximate surface area is 163 Å². The number of pyridine rings is 1. The Morgan fingerprint density at radius 2 is 1.86 bits per heavy atom. The summed E-state index contributed by atoms with van der Waals surface area (Å²) in [7, 11) is 1.56. The summed E-state index contributed by atoms with van der Waals surface area (Å²) in [6, 6.07) is 17.8. The molecule has 0 aliphatic rings.